The van der Waals surface area contributed by atoms with E-state index in [1.165, 1.54) is 0 Å². The van der Waals surface area contributed by atoms with Crippen molar-refractivity contribution >= 4 is 11.9 Å². The average Bonchev–Trinajstić information content (AvgIpc) is 2.59. The number of aromatic nitrogens is 2. The number of nitrogen functional groups attached to an aromatic ring is 1. The van der Waals surface area contributed by atoms with Crippen LogP contribution >= 0.6 is 0 Å². The first-order valence-electron chi connectivity index (χ1n) is 5.04. The number of hydrogen-bond donors (Lipinski definition) is 2. The summed E-state index contributed by atoms with van der Waals surface area (Å²) in [6.07, 6.45) is 1.24. The molecule has 1 amide bonds. The molecule has 6 heteroatoms. The molecule has 86 valence electrons. The lowest BCUT2D eigenvalue weighted by Gasteiger charge is -2.37. The third kappa shape index (κ3) is 2.00. The Balaban J connectivity index is 1.81. The molecule has 0 aromatic carbocycles. The molecule has 16 heavy (non-hydrogen) atoms. The van der Waals surface area contributed by atoms with Gasteiger partial charge in [0.25, 0.3) is 0 Å². The minimum Gasteiger partial charge on any atom is -0.445 e. The van der Waals surface area contributed by atoms with Gasteiger partial charge in [0.05, 0.1) is 0 Å². The van der Waals surface area contributed by atoms with Crippen molar-refractivity contribution in [2.75, 3.05) is 25.4 Å². The minimum atomic E-state index is -0.302. The predicted octanol–water partition coefficient (Wildman–Crippen LogP) is 0.714. The van der Waals surface area contributed by atoms with Crippen LogP contribution in [0.3, 0.4) is 0 Å². The Morgan fingerprint density at radius 2 is 2.56 bits per heavy atom. The van der Waals surface area contributed by atoms with Crippen LogP contribution in [0.1, 0.15) is 11.6 Å². The molecule has 0 atom stereocenters. The van der Waals surface area contributed by atoms with E-state index in [1.807, 2.05) is 0 Å². The summed E-state index contributed by atoms with van der Waals surface area (Å²) in [4.78, 5) is 13.0. The number of carbonyl (C=O) groups is 1. The van der Waals surface area contributed by atoms with E-state index in [9.17, 15) is 4.79 Å². The summed E-state index contributed by atoms with van der Waals surface area (Å²) in [5.41, 5.74) is 6.46. The van der Waals surface area contributed by atoms with E-state index < -0.39 is 0 Å². The highest BCUT2D eigenvalue weighted by molar-refractivity contribution is 5.69. The lowest BCUT2D eigenvalue weighted by Crippen LogP contribution is -2.48. The van der Waals surface area contributed by atoms with Gasteiger partial charge in [0.15, 0.2) is 0 Å². The highest BCUT2D eigenvalue weighted by atomic mass is 16.6. The van der Waals surface area contributed by atoms with E-state index in [4.69, 9.17) is 10.5 Å². The van der Waals surface area contributed by atoms with E-state index in [-0.39, 0.29) is 18.6 Å². The van der Waals surface area contributed by atoms with E-state index >= 15 is 0 Å². The van der Waals surface area contributed by atoms with E-state index in [0.717, 1.165) is 5.69 Å². The van der Waals surface area contributed by atoms with E-state index in [1.54, 1.807) is 17.0 Å². The molecule has 0 saturated carbocycles. The summed E-state index contributed by atoms with van der Waals surface area (Å²) >= 11 is 0. The molecule has 1 fully saturated rings. The topological polar surface area (TPSA) is 84.2 Å². The van der Waals surface area contributed by atoms with Crippen LogP contribution in [0, 0.1) is 0 Å². The number of nitrogens with one attached hydrogen (secondary N) is 1. The van der Waals surface area contributed by atoms with Crippen LogP contribution in [0.4, 0.5) is 10.6 Å². The monoisotopic (exact) mass is 222 g/mol. The SMILES string of the molecule is C=CCOC(=O)N1CC(c2cc(N)n[nH]2)C1. The second kappa shape index (κ2) is 4.26. The summed E-state index contributed by atoms with van der Waals surface area (Å²) < 4.78 is 4.90. The van der Waals surface area contributed by atoms with Gasteiger partial charge in [-0.2, -0.15) is 5.10 Å². The standard InChI is InChI=1S/C10H14N4O2/c1-2-3-16-10(15)14-5-7(6-14)8-4-9(11)13-12-8/h2,4,7H,1,3,5-6H2,(H3,11,12,13). The normalized spacial score (nSPS) is 15.6. The lowest BCUT2D eigenvalue weighted by molar-refractivity contribution is 0.0784. The van der Waals surface area contributed by atoms with Crippen molar-refractivity contribution in [2.45, 2.75) is 5.92 Å². The molecule has 0 spiro atoms. The van der Waals surface area contributed by atoms with Crippen molar-refractivity contribution in [1.82, 2.24) is 15.1 Å². The molecule has 1 aromatic heterocycles. The number of rotatable bonds is 3. The maximum atomic E-state index is 11.4. The number of nitrogens with two attached hydrogens (primary N) is 1. The Morgan fingerprint density at radius 1 is 1.81 bits per heavy atom. The molecule has 2 heterocycles. The highest BCUT2D eigenvalue weighted by Gasteiger charge is 2.33. The van der Waals surface area contributed by atoms with Gasteiger partial charge in [-0.25, -0.2) is 4.79 Å². The second-order valence-electron chi connectivity index (χ2n) is 3.72. The zero-order valence-corrected chi connectivity index (χ0v) is 8.85. The van der Waals surface area contributed by atoms with E-state index in [2.05, 4.69) is 16.8 Å². The molecule has 3 N–H and O–H groups in total. The number of amides is 1. The van der Waals surface area contributed by atoms with Crippen molar-refractivity contribution < 1.29 is 9.53 Å². The number of H-pyrrole nitrogens is 1. The van der Waals surface area contributed by atoms with Gasteiger partial charge in [0, 0.05) is 30.8 Å². The van der Waals surface area contributed by atoms with Crippen LogP contribution in [0.15, 0.2) is 18.7 Å². The van der Waals surface area contributed by atoms with Gasteiger partial charge < -0.3 is 15.4 Å². The molecule has 0 unspecified atom stereocenters. The first-order chi connectivity index (χ1) is 7.70. The Hall–Kier alpha value is -1.98. The molecular weight excluding hydrogens is 208 g/mol. The zero-order chi connectivity index (χ0) is 11.5. The molecule has 0 radical (unpaired) electrons. The van der Waals surface area contributed by atoms with Crippen LogP contribution in [-0.2, 0) is 4.74 Å². The third-order valence-corrected chi connectivity index (χ3v) is 2.52. The zero-order valence-electron chi connectivity index (χ0n) is 8.85. The summed E-state index contributed by atoms with van der Waals surface area (Å²) in [5.74, 6) is 0.753. The second-order valence-corrected chi connectivity index (χ2v) is 3.72. The van der Waals surface area contributed by atoms with Crippen LogP contribution < -0.4 is 5.73 Å². The fraction of sp³-hybridized carbons (Fsp3) is 0.400. The van der Waals surface area contributed by atoms with Gasteiger partial charge in [0.1, 0.15) is 12.4 Å². The fourth-order valence-electron chi connectivity index (χ4n) is 1.61. The number of anilines is 1. The molecular formula is C10H14N4O2. The first kappa shape index (κ1) is 10.5. The molecule has 1 aliphatic heterocycles. The van der Waals surface area contributed by atoms with Crippen LogP contribution in [0.2, 0.25) is 0 Å². The number of ether oxygens (including phenoxy) is 1. The smallest absolute Gasteiger partial charge is 0.410 e. The summed E-state index contributed by atoms with van der Waals surface area (Å²) in [5, 5.41) is 6.68. The van der Waals surface area contributed by atoms with Gasteiger partial charge in [0.2, 0.25) is 0 Å². The number of aromatic amines is 1. The Kier molecular flexibility index (Phi) is 2.80. The Morgan fingerprint density at radius 3 is 3.12 bits per heavy atom. The van der Waals surface area contributed by atoms with Crippen molar-refractivity contribution in [2.24, 2.45) is 0 Å². The molecule has 2 rings (SSSR count). The quantitative estimate of drug-likeness (QED) is 0.738. The number of carbonyl (C=O) groups excluding carboxylic acids is 1. The molecule has 1 aliphatic rings. The Labute approximate surface area is 93.1 Å². The molecule has 0 aliphatic carbocycles. The molecule has 0 bridgehead atoms. The van der Waals surface area contributed by atoms with Gasteiger partial charge >= 0.3 is 6.09 Å². The van der Waals surface area contributed by atoms with Gasteiger partial charge in [-0.15, -0.1) is 0 Å². The first-order valence-corrected chi connectivity index (χ1v) is 5.04. The summed E-state index contributed by atoms with van der Waals surface area (Å²) in [6.45, 7) is 5.00. The molecule has 6 nitrogen and oxygen atoms in total. The fourth-order valence-corrected chi connectivity index (χ4v) is 1.61. The lowest BCUT2D eigenvalue weighted by atomic mass is 9.97. The average molecular weight is 222 g/mol. The largest absolute Gasteiger partial charge is 0.445 e. The van der Waals surface area contributed by atoms with Crippen molar-refractivity contribution in [3.05, 3.63) is 24.4 Å². The van der Waals surface area contributed by atoms with Gasteiger partial charge in [-0.3, -0.25) is 5.10 Å². The van der Waals surface area contributed by atoms with E-state index in [0.29, 0.717) is 18.9 Å². The van der Waals surface area contributed by atoms with Gasteiger partial charge in [-0.1, -0.05) is 12.7 Å². The van der Waals surface area contributed by atoms with Crippen molar-refractivity contribution in [1.29, 1.82) is 0 Å². The Bertz CT molecular complexity index is 395. The van der Waals surface area contributed by atoms with Crippen LogP contribution in [0.25, 0.3) is 0 Å². The van der Waals surface area contributed by atoms with Crippen LogP contribution in [0.5, 0.6) is 0 Å². The summed E-state index contributed by atoms with van der Waals surface area (Å²) in [7, 11) is 0. The summed E-state index contributed by atoms with van der Waals surface area (Å²) in [6, 6.07) is 1.79. The number of hydrogen-bond acceptors (Lipinski definition) is 4. The third-order valence-electron chi connectivity index (χ3n) is 2.52. The number of likely N-dealkylation sites (tertiary alicyclic amines) is 1. The van der Waals surface area contributed by atoms with Gasteiger partial charge in [-0.05, 0) is 0 Å². The highest BCUT2D eigenvalue weighted by Crippen LogP contribution is 2.26. The molecule has 1 saturated heterocycles. The minimum absolute atomic E-state index is 0.247. The van der Waals surface area contributed by atoms with Crippen molar-refractivity contribution in [3.63, 3.8) is 0 Å². The predicted molar refractivity (Wildman–Crippen MR) is 58.9 cm³/mol. The molecule has 1 aromatic rings. The maximum Gasteiger partial charge on any atom is 0.410 e. The van der Waals surface area contributed by atoms with Crippen LogP contribution in [-0.4, -0.2) is 40.9 Å². The van der Waals surface area contributed by atoms with Crippen molar-refractivity contribution in [3.8, 4) is 0 Å². The maximum absolute atomic E-state index is 11.4. The number of nitrogens with zero attached hydrogens (tertiary/aromatic N) is 2.